The van der Waals surface area contributed by atoms with Crippen LogP contribution in [0.2, 0.25) is 0 Å². The molecule has 0 saturated carbocycles. The van der Waals surface area contributed by atoms with Crippen molar-refractivity contribution in [1.29, 1.82) is 0 Å². The molecule has 2 aliphatic heterocycles. The zero-order chi connectivity index (χ0) is 15.9. The molecule has 0 aliphatic carbocycles. The van der Waals surface area contributed by atoms with Gasteiger partial charge in [0.2, 0.25) is 0 Å². The molecule has 3 nitrogen and oxygen atoms in total. The van der Waals surface area contributed by atoms with Gasteiger partial charge in [-0.15, -0.1) is 0 Å². The molecule has 21 heavy (non-hydrogen) atoms. The molecular formula is C17H31N3S. The third kappa shape index (κ3) is 3.16. The second kappa shape index (κ2) is 5.96. The van der Waals surface area contributed by atoms with Gasteiger partial charge < -0.3 is 9.80 Å². The summed E-state index contributed by atoms with van der Waals surface area (Å²) in [5.41, 5.74) is 3.26. The fraction of sp³-hybridized carbons (Fsp3) is 0.824. The fourth-order valence-corrected chi connectivity index (χ4v) is 4.01. The predicted octanol–water partition coefficient (Wildman–Crippen LogP) is 3.47. The van der Waals surface area contributed by atoms with Crippen LogP contribution < -0.4 is 0 Å². The number of hydrogen-bond acceptors (Lipinski definition) is 4. The van der Waals surface area contributed by atoms with Crippen LogP contribution in [0.1, 0.15) is 41.0 Å². The van der Waals surface area contributed by atoms with Crippen LogP contribution in [-0.4, -0.2) is 59.9 Å². The molecule has 0 radical (unpaired) electrons. The number of amidine groups is 1. The normalized spacial score (nSPS) is 28.0. The number of fused-ring (bicyclic) bond motifs is 1. The van der Waals surface area contributed by atoms with E-state index in [1.54, 1.807) is 5.70 Å². The highest BCUT2D eigenvalue weighted by molar-refractivity contribution is 7.99. The fourth-order valence-electron chi connectivity index (χ4n) is 3.62. The summed E-state index contributed by atoms with van der Waals surface area (Å²) in [7, 11) is 4.39. The second-order valence-corrected chi connectivity index (χ2v) is 8.76. The summed E-state index contributed by atoms with van der Waals surface area (Å²) >= 11 is 1.89. The average molecular weight is 310 g/mol. The number of aliphatic imine (C=N–C) groups is 1. The van der Waals surface area contributed by atoms with E-state index in [9.17, 15) is 0 Å². The largest absolute Gasteiger partial charge is 0.331 e. The minimum absolute atomic E-state index is 0.186. The Balaban J connectivity index is 2.46. The zero-order valence-corrected chi connectivity index (χ0v) is 15.7. The number of rotatable bonds is 3. The van der Waals surface area contributed by atoms with Gasteiger partial charge in [-0.05, 0) is 45.2 Å². The van der Waals surface area contributed by atoms with Crippen molar-refractivity contribution in [3.8, 4) is 0 Å². The maximum atomic E-state index is 5.08. The lowest BCUT2D eigenvalue weighted by molar-refractivity contribution is 0.300. The summed E-state index contributed by atoms with van der Waals surface area (Å²) in [6, 6.07) is 0.906. The molecule has 2 aliphatic rings. The molecule has 0 aromatic heterocycles. The molecule has 0 aromatic rings. The summed E-state index contributed by atoms with van der Waals surface area (Å²) in [6.45, 7) is 12.6. The SMILES string of the molecule is CSC(C)C1=N[C@@H](C)C(C(C)(C)C)=C2C[C@@H](N(C)C)CN12. The monoisotopic (exact) mass is 309 g/mol. The van der Waals surface area contributed by atoms with E-state index in [2.05, 4.69) is 64.8 Å². The van der Waals surface area contributed by atoms with Crippen LogP contribution in [0.15, 0.2) is 16.3 Å². The topological polar surface area (TPSA) is 18.8 Å². The van der Waals surface area contributed by atoms with E-state index in [0.717, 1.165) is 13.0 Å². The zero-order valence-electron chi connectivity index (χ0n) is 14.9. The van der Waals surface area contributed by atoms with Crippen LogP contribution in [-0.2, 0) is 0 Å². The summed E-state index contributed by atoms with van der Waals surface area (Å²) in [4.78, 5) is 9.96. The van der Waals surface area contributed by atoms with E-state index < -0.39 is 0 Å². The van der Waals surface area contributed by atoms with E-state index in [1.807, 2.05) is 11.8 Å². The highest BCUT2D eigenvalue weighted by Gasteiger charge is 2.41. The van der Waals surface area contributed by atoms with Crippen molar-refractivity contribution in [1.82, 2.24) is 9.80 Å². The van der Waals surface area contributed by atoms with Gasteiger partial charge in [-0.25, -0.2) is 0 Å². The first kappa shape index (κ1) is 16.9. The molecule has 0 aromatic carbocycles. The first-order valence-corrected chi connectivity index (χ1v) is 9.23. The van der Waals surface area contributed by atoms with Crippen LogP contribution in [0.5, 0.6) is 0 Å². The summed E-state index contributed by atoms with van der Waals surface area (Å²) < 4.78 is 0. The number of thioether (sulfide) groups is 1. The molecule has 0 N–H and O–H groups in total. The average Bonchev–Trinajstić information content (AvgIpc) is 2.79. The van der Waals surface area contributed by atoms with Gasteiger partial charge in [-0.3, -0.25) is 4.99 Å². The Labute approximate surface area is 134 Å². The highest BCUT2D eigenvalue weighted by atomic mass is 32.2. The third-order valence-corrected chi connectivity index (χ3v) is 5.65. The van der Waals surface area contributed by atoms with E-state index in [-0.39, 0.29) is 5.41 Å². The quantitative estimate of drug-likeness (QED) is 0.795. The molecular weight excluding hydrogens is 278 g/mol. The van der Waals surface area contributed by atoms with Gasteiger partial charge in [-0.1, -0.05) is 20.8 Å². The van der Waals surface area contributed by atoms with E-state index in [4.69, 9.17) is 4.99 Å². The predicted molar refractivity (Wildman–Crippen MR) is 95.2 cm³/mol. The molecule has 0 spiro atoms. The standard InChI is InChI=1S/C17H31N3S/c1-11-15(17(3,4)5)14-9-13(19(6)7)10-20(14)16(18-11)12(2)21-8/h11-13H,9-10H2,1-8H3/t11-,12?,13+/m0/s1. The first-order chi connectivity index (χ1) is 9.66. The van der Waals surface area contributed by atoms with Gasteiger partial charge in [0, 0.05) is 24.7 Å². The molecule has 3 atom stereocenters. The van der Waals surface area contributed by atoms with Crippen LogP contribution in [0, 0.1) is 5.41 Å². The van der Waals surface area contributed by atoms with Gasteiger partial charge in [0.1, 0.15) is 5.84 Å². The lowest BCUT2D eigenvalue weighted by Crippen LogP contribution is -2.42. The molecule has 120 valence electrons. The van der Waals surface area contributed by atoms with Gasteiger partial charge in [0.05, 0.1) is 11.3 Å². The van der Waals surface area contributed by atoms with Gasteiger partial charge in [0.25, 0.3) is 0 Å². The lowest BCUT2D eigenvalue weighted by atomic mass is 9.80. The van der Waals surface area contributed by atoms with Crippen LogP contribution in [0.3, 0.4) is 0 Å². The van der Waals surface area contributed by atoms with Crippen LogP contribution >= 0.6 is 11.8 Å². The van der Waals surface area contributed by atoms with Crippen molar-refractivity contribution in [2.75, 3.05) is 26.9 Å². The smallest absolute Gasteiger partial charge is 0.117 e. The maximum Gasteiger partial charge on any atom is 0.117 e. The van der Waals surface area contributed by atoms with Gasteiger partial charge in [-0.2, -0.15) is 11.8 Å². The van der Waals surface area contributed by atoms with Gasteiger partial charge >= 0.3 is 0 Å². The Kier molecular flexibility index (Phi) is 4.79. The number of hydrogen-bond donors (Lipinski definition) is 0. The van der Waals surface area contributed by atoms with Crippen molar-refractivity contribution in [2.24, 2.45) is 10.4 Å². The van der Waals surface area contributed by atoms with Gasteiger partial charge in [0.15, 0.2) is 0 Å². The molecule has 2 heterocycles. The van der Waals surface area contributed by atoms with Crippen molar-refractivity contribution >= 4 is 17.6 Å². The van der Waals surface area contributed by atoms with Crippen LogP contribution in [0.25, 0.3) is 0 Å². The Bertz CT molecular complexity index is 459. The Morgan fingerprint density at radius 3 is 2.43 bits per heavy atom. The highest BCUT2D eigenvalue weighted by Crippen LogP contribution is 2.42. The van der Waals surface area contributed by atoms with Crippen molar-refractivity contribution in [2.45, 2.75) is 58.4 Å². The lowest BCUT2D eigenvalue weighted by Gasteiger charge is -2.38. The summed E-state index contributed by atoms with van der Waals surface area (Å²) in [5, 5.41) is 0.463. The molecule has 0 amide bonds. The van der Waals surface area contributed by atoms with Crippen molar-refractivity contribution < 1.29 is 0 Å². The van der Waals surface area contributed by atoms with Crippen molar-refractivity contribution in [3.05, 3.63) is 11.3 Å². The Morgan fingerprint density at radius 2 is 1.95 bits per heavy atom. The minimum atomic E-state index is 0.186. The third-order valence-electron chi connectivity index (χ3n) is 4.73. The molecule has 1 saturated heterocycles. The molecule has 2 rings (SSSR count). The summed E-state index contributed by atoms with van der Waals surface area (Å²) in [5.74, 6) is 1.28. The molecule has 1 fully saturated rings. The first-order valence-electron chi connectivity index (χ1n) is 7.94. The molecule has 0 bridgehead atoms. The Morgan fingerprint density at radius 1 is 1.33 bits per heavy atom. The maximum absolute atomic E-state index is 5.08. The number of nitrogens with zero attached hydrogens (tertiary/aromatic N) is 3. The Hall–Kier alpha value is -0.480. The minimum Gasteiger partial charge on any atom is -0.331 e. The molecule has 1 unspecified atom stereocenters. The van der Waals surface area contributed by atoms with E-state index in [0.29, 0.717) is 17.3 Å². The summed E-state index contributed by atoms with van der Waals surface area (Å²) in [6.07, 6.45) is 3.34. The number of likely N-dealkylation sites (N-methyl/N-ethyl adjacent to an activating group) is 1. The van der Waals surface area contributed by atoms with E-state index >= 15 is 0 Å². The molecule has 4 heteroatoms. The van der Waals surface area contributed by atoms with E-state index in [1.165, 1.54) is 11.4 Å². The van der Waals surface area contributed by atoms with Crippen molar-refractivity contribution in [3.63, 3.8) is 0 Å². The second-order valence-electron chi connectivity index (χ2n) is 7.58. The van der Waals surface area contributed by atoms with Crippen LogP contribution in [0.4, 0.5) is 0 Å².